The molecular formula is C20H25NO2. The zero-order valence-electron chi connectivity index (χ0n) is 14.5. The predicted octanol–water partition coefficient (Wildman–Crippen LogP) is 4.83. The van der Waals surface area contributed by atoms with Crippen molar-refractivity contribution in [3.05, 3.63) is 59.2 Å². The molecule has 1 N–H and O–H groups in total. The largest absolute Gasteiger partial charge is 0.481 e. The highest BCUT2D eigenvalue weighted by molar-refractivity contribution is 5.94. The van der Waals surface area contributed by atoms with Crippen LogP contribution in [0.5, 0.6) is 5.75 Å². The lowest BCUT2D eigenvalue weighted by molar-refractivity contribution is -0.122. The first-order valence-electron chi connectivity index (χ1n) is 8.02. The van der Waals surface area contributed by atoms with Crippen LogP contribution in [0.2, 0.25) is 0 Å². The fourth-order valence-electron chi connectivity index (χ4n) is 2.41. The van der Waals surface area contributed by atoms with Crippen LogP contribution in [-0.2, 0) is 4.79 Å². The molecule has 3 nitrogen and oxygen atoms in total. The standard InChI is InChI=1S/C20H25NO2/c1-13(2)17-8-6-7-9-19(17)23-16(5)20(22)21-18-12-14(3)10-11-15(18)4/h6-13,16H,1-5H3,(H,21,22)/t16-/m1/s1. The van der Waals surface area contributed by atoms with Gasteiger partial charge in [-0.15, -0.1) is 0 Å². The summed E-state index contributed by atoms with van der Waals surface area (Å²) >= 11 is 0. The number of rotatable bonds is 5. The van der Waals surface area contributed by atoms with E-state index < -0.39 is 6.10 Å². The minimum atomic E-state index is -0.560. The highest BCUT2D eigenvalue weighted by Crippen LogP contribution is 2.27. The van der Waals surface area contributed by atoms with Gasteiger partial charge in [0, 0.05) is 5.69 Å². The number of para-hydroxylation sites is 1. The first kappa shape index (κ1) is 17.1. The summed E-state index contributed by atoms with van der Waals surface area (Å²) in [5.41, 5.74) is 4.10. The maximum Gasteiger partial charge on any atom is 0.265 e. The molecule has 0 fully saturated rings. The maximum absolute atomic E-state index is 12.4. The Morgan fingerprint density at radius 3 is 2.43 bits per heavy atom. The fraction of sp³-hybridized carbons (Fsp3) is 0.350. The van der Waals surface area contributed by atoms with Crippen LogP contribution in [0.1, 0.15) is 43.4 Å². The van der Waals surface area contributed by atoms with E-state index in [2.05, 4.69) is 19.2 Å². The average molecular weight is 311 g/mol. The first-order valence-corrected chi connectivity index (χ1v) is 8.02. The molecule has 0 unspecified atom stereocenters. The summed E-state index contributed by atoms with van der Waals surface area (Å²) in [7, 11) is 0. The molecule has 23 heavy (non-hydrogen) atoms. The van der Waals surface area contributed by atoms with Gasteiger partial charge in [0.05, 0.1) is 0 Å². The van der Waals surface area contributed by atoms with Crippen LogP contribution >= 0.6 is 0 Å². The molecule has 2 rings (SSSR count). The summed E-state index contributed by atoms with van der Waals surface area (Å²) in [5, 5.41) is 2.96. The second kappa shape index (κ2) is 7.32. The quantitative estimate of drug-likeness (QED) is 0.858. The molecule has 0 spiro atoms. The Hall–Kier alpha value is -2.29. The van der Waals surface area contributed by atoms with Gasteiger partial charge in [-0.3, -0.25) is 4.79 Å². The van der Waals surface area contributed by atoms with Crippen molar-refractivity contribution in [3.8, 4) is 5.75 Å². The Morgan fingerprint density at radius 2 is 1.74 bits per heavy atom. The van der Waals surface area contributed by atoms with E-state index in [-0.39, 0.29) is 5.91 Å². The molecule has 2 aromatic carbocycles. The van der Waals surface area contributed by atoms with Gasteiger partial charge in [0.15, 0.2) is 6.10 Å². The minimum Gasteiger partial charge on any atom is -0.481 e. The van der Waals surface area contributed by atoms with Crippen molar-refractivity contribution < 1.29 is 9.53 Å². The zero-order chi connectivity index (χ0) is 17.0. The van der Waals surface area contributed by atoms with Crippen molar-refractivity contribution in [2.75, 3.05) is 5.32 Å². The number of ether oxygens (including phenoxy) is 1. The summed E-state index contributed by atoms with van der Waals surface area (Å²) in [5.74, 6) is 0.976. The summed E-state index contributed by atoms with van der Waals surface area (Å²) in [4.78, 5) is 12.4. The lowest BCUT2D eigenvalue weighted by Gasteiger charge is -2.19. The second-order valence-corrected chi connectivity index (χ2v) is 6.26. The molecule has 0 bridgehead atoms. The van der Waals surface area contributed by atoms with Gasteiger partial charge in [0.1, 0.15) is 5.75 Å². The lowest BCUT2D eigenvalue weighted by atomic mass is 10.0. The molecular weight excluding hydrogens is 286 g/mol. The second-order valence-electron chi connectivity index (χ2n) is 6.26. The van der Waals surface area contributed by atoms with Crippen LogP contribution < -0.4 is 10.1 Å². The van der Waals surface area contributed by atoms with Gasteiger partial charge >= 0.3 is 0 Å². The molecule has 0 aliphatic heterocycles. The first-order chi connectivity index (χ1) is 10.9. The van der Waals surface area contributed by atoms with E-state index in [9.17, 15) is 4.79 Å². The Labute approximate surface area is 138 Å². The number of aryl methyl sites for hydroxylation is 2. The summed E-state index contributed by atoms with van der Waals surface area (Å²) in [6, 6.07) is 13.9. The third-order valence-corrected chi connectivity index (χ3v) is 3.86. The van der Waals surface area contributed by atoms with Gasteiger partial charge in [-0.25, -0.2) is 0 Å². The molecule has 0 aromatic heterocycles. The van der Waals surface area contributed by atoms with Crippen molar-refractivity contribution in [2.45, 2.75) is 46.6 Å². The van der Waals surface area contributed by atoms with Gasteiger partial charge in [0.25, 0.3) is 5.91 Å². The van der Waals surface area contributed by atoms with Gasteiger partial charge in [-0.05, 0) is 55.5 Å². The number of amides is 1. The molecule has 3 heteroatoms. The van der Waals surface area contributed by atoms with E-state index in [0.717, 1.165) is 28.1 Å². The summed E-state index contributed by atoms with van der Waals surface area (Å²) in [6.45, 7) is 9.99. The van der Waals surface area contributed by atoms with Crippen LogP contribution in [0, 0.1) is 13.8 Å². The molecule has 0 saturated heterocycles. The molecule has 0 heterocycles. The molecule has 2 aromatic rings. The van der Waals surface area contributed by atoms with Crippen molar-refractivity contribution in [1.29, 1.82) is 0 Å². The molecule has 0 saturated carbocycles. The third-order valence-electron chi connectivity index (χ3n) is 3.86. The van der Waals surface area contributed by atoms with E-state index in [0.29, 0.717) is 5.92 Å². The number of carbonyl (C=O) groups excluding carboxylic acids is 1. The number of hydrogen-bond donors (Lipinski definition) is 1. The van der Waals surface area contributed by atoms with Crippen LogP contribution in [0.3, 0.4) is 0 Å². The predicted molar refractivity (Wildman–Crippen MR) is 95.2 cm³/mol. The Bertz CT molecular complexity index is 692. The van der Waals surface area contributed by atoms with Crippen molar-refractivity contribution >= 4 is 11.6 Å². The molecule has 122 valence electrons. The highest BCUT2D eigenvalue weighted by atomic mass is 16.5. The van der Waals surface area contributed by atoms with Crippen LogP contribution in [0.25, 0.3) is 0 Å². The van der Waals surface area contributed by atoms with Crippen molar-refractivity contribution in [2.24, 2.45) is 0 Å². The van der Waals surface area contributed by atoms with Gasteiger partial charge in [-0.2, -0.15) is 0 Å². The van der Waals surface area contributed by atoms with E-state index >= 15 is 0 Å². The van der Waals surface area contributed by atoms with Gasteiger partial charge in [0.2, 0.25) is 0 Å². The van der Waals surface area contributed by atoms with Gasteiger partial charge in [-0.1, -0.05) is 44.2 Å². The van der Waals surface area contributed by atoms with Crippen LogP contribution in [-0.4, -0.2) is 12.0 Å². The molecule has 0 radical (unpaired) electrons. The van der Waals surface area contributed by atoms with Crippen molar-refractivity contribution in [3.63, 3.8) is 0 Å². The maximum atomic E-state index is 12.4. The van der Waals surface area contributed by atoms with E-state index in [4.69, 9.17) is 4.74 Å². The van der Waals surface area contributed by atoms with Crippen molar-refractivity contribution in [1.82, 2.24) is 0 Å². The molecule has 0 aliphatic rings. The number of anilines is 1. The number of carbonyl (C=O) groups is 1. The fourth-order valence-corrected chi connectivity index (χ4v) is 2.41. The zero-order valence-corrected chi connectivity index (χ0v) is 14.5. The minimum absolute atomic E-state index is 0.141. The third kappa shape index (κ3) is 4.35. The van der Waals surface area contributed by atoms with Gasteiger partial charge < -0.3 is 10.1 Å². The smallest absolute Gasteiger partial charge is 0.265 e. The van der Waals surface area contributed by atoms with Crippen LogP contribution in [0.4, 0.5) is 5.69 Å². The highest BCUT2D eigenvalue weighted by Gasteiger charge is 2.18. The molecule has 1 atom stereocenters. The topological polar surface area (TPSA) is 38.3 Å². The molecule has 1 amide bonds. The molecule has 0 aliphatic carbocycles. The Morgan fingerprint density at radius 1 is 1.04 bits per heavy atom. The SMILES string of the molecule is Cc1ccc(C)c(NC(=O)[C@@H](C)Oc2ccccc2C(C)C)c1. The van der Waals surface area contributed by atoms with E-state index in [1.807, 2.05) is 56.3 Å². The normalized spacial score (nSPS) is 12.1. The van der Waals surface area contributed by atoms with E-state index in [1.54, 1.807) is 6.92 Å². The Kier molecular flexibility index (Phi) is 5.43. The lowest BCUT2D eigenvalue weighted by Crippen LogP contribution is -2.30. The number of benzene rings is 2. The Balaban J connectivity index is 2.10. The summed E-state index contributed by atoms with van der Waals surface area (Å²) < 4.78 is 5.90. The number of hydrogen-bond acceptors (Lipinski definition) is 2. The summed E-state index contributed by atoms with van der Waals surface area (Å²) in [6.07, 6.45) is -0.560. The van der Waals surface area contributed by atoms with E-state index in [1.165, 1.54) is 0 Å². The average Bonchev–Trinajstić information content (AvgIpc) is 2.51. The number of nitrogens with one attached hydrogen (secondary N) is 1. The monoisotopic (exact) mass is 311 g/mol. The van der Waals surface area contributed by atoms with Crippen LogP contribution in [0.15, 0.2) is 42.5 Å².